The second-order valence-electron chi connectivity index (χ2n) is 5.75. The highest BCUT2D eigenvalue weighted by Crippen LogP contribution is 2.11. The summed E-state index contributed by atoms with van der Waals surface area (Å²) in [4.78, 5) is 35.5. The van der Waals surface area contributed by atoms with E-state index in [1.165, 1.54) is 0 Å². The number of hydrogen-bond donors (Lipinski definition) is 3. The predicted octanol–water partition coefficient (Wildman–Crippen LogP) is 0.819. The van der Waals surface area contributed by atoms with Crippen molar-refractivity contribution in [3.8, 4) is 0 Å². The van der Waals surface area contributed by atoms with Crippen molar-refractivity contribution in [1.82, 2.24) is 5.32 Å². The van der Waals surface area contributed by atoms with Crippen LogP contribution in [0.3, 0.4) is 0 Å². The highest BCUT2D eigenvalue weighted by Gasteiger charge is 2.31. The number of ether oxygens (including phenoxy) is 1. The van der Waals surface area contributed by atoms with Crippen LogP contribution in [-0.4, -0.2) is 46.7 Å². The van der Waals surface area contributed by atoms with Crippen molar-refractivity contribution in [3.63, 3.8) is 0 Å². The average Bonchev–Trinajstić information content (AvgIpc) is 2.71. The van der Waals surface area contributed by atoms with Gasteiger partial charge in [-0.2, -0.15) is 0 Å². The van der Waals surface area contributed by atoms with Gasteiger partial charge in [0.25, 0.3) is 5.91 Å². The van der Waals surface area contributed by atoms with E-state index < -0.39 is 24.1 Å². The molecule has 0 heterocycles. The molecule has 1 amide bonds. The van der Waals surface area contributed by atoms with Crippen LogP contribution in [0.2, 0.25) is 0 Å². The van der Waals surface area contributed by atoms with Crippen molar-refractivity contribution in [2.24, 2.45) is 0 Å². The van der Waals surface area contributed by atoms with Gasteiger partial charge in [-0.25, -0.2) is 4.79 Å². The molecule has 2 aromatic carbocycles. The highest BCUT2D eigenvalue weighted by atomic mass is 16.5. The number of esters is 1. The molecule has 0 spiro atoms. The zero-order chi connectivity index (χ0) is 19.8. The molecule has 2 rings (SSSR count). The van der Waals surface area contributed by atoms with Crippen molar-refractivity contribution in [2.75, 3.05) is 6.61 Å². The molecule has 0 fully saturated rings. The minimum absolute atomic E-state index is 0.0261. The summed E-state index contributed by atoms with van der Waals surface area (Å²) in [6.07, 6.45) is -3.88. The van der Waals surface area contributed by atoms with E-state index >= 15 is 0 Å². The fraction of sp³-hybridized carbons (Fsp3) is 0.250. The Morgan fingerprint density at radius 1 is 0.926 bits per heavy atom. The van der Waals surface area contributed by atoms with Crippen LogP contribution in [0.4, 0.5) is 0 Å². The van der Waals surface area contributed by atoms with Crippen LogP contribution in [0.25, 0.3) is 0 Å². The van der Waals surface area contributed by atoms with Crippen LogP contribution in [0.15, 0.2) is 54.6 Å². The molecular formula is C20H21NO6. The van der Waals surface area contributed by atoms with Crippen LogP contribution in [0.1, 0.15) is 28.4 Å². The van der Waals surface area contributed by atoms with Gasteiger partial charge in [-0.05, 0) is 12.5 Å². The molecule has 2 atom stereocenters. The van der Waals surface area contributed by atoms with Gasteiger partial charge in [0, 0.05) is 17.7 Å². The fourth-order valence-electron chi connectivity index (χ4n) is 2.32. The first kappa shape index (κ1) is 20.3. The van der Waals surface area contributed by atoms with Gasteiger partial charge < -0.3 is 20.3 Å². The minimum atomic E-state index is -1.95. The van der Waals surface area contributed by atoms with Crippen LogP contribution in [0.5, 0.6) is 0 Å². The molecule has 0 bridgehead atoms. The van der Waals surface area contributed by atoms with Crippen LogP contribution in [0, 0.1) is 0 Å². The summed E-state index contributed by atoms with van der Waals surface area (Å²) in [5, 5.41) is 21.7. The Hall–Kier alpha value is -3.03. The molecule has 0 aliphatic carbocycles. The lowest BCUT2D eigenvalue weighted by molar-refractivity contribution is -0.163. The third-order valence-corrected chi connectivity index (χ3v) is 3.81. The molecule has 0 aliphatic heterocycles. The molecule has 0 saturated heterocycles. The number of benzene rings is 2. The SMILES string of the molecule is CCOC(=O)C(O)C(O)C(=O)NCc1ccc(C(=O)c2ccccc2)cc1. The molecule has 142 valence electrons. The quantitative estimate of drug-likeness (QED) is 0.468. The molecule has 27 heavy (non-hydrogen) atoms. The van der Waals surface area contributed by atoms with Gasteiger partial charge in [0.1, 0.15) is 0 Å². The first-order valence-corrected chi connectivity index (χ1v) is 8.43. The summed E-state index contributed by atoms with van der Waals surface area (Å²) in [7, 11) is 0. The highest BCUT2D eigenvalue weighted by molar-refractivity contribution is 6.08. The monoisotopic (exact) mass is 371 g/mol. The van der Waals surface area contributed by atoms with E-state index in [1.807, 2.05) is 6.07 Å². The van der Waals surface area contributed by atoms with Crippen molar-refractivity contribution in [2.45, 2.75) is 25.7 Å². The Balaban J connectivity index is 1.92. The maximum absolute atomic E-state index is 12.3. The molecule has 0 aromatic heterocycles. The molecule has 3 N–H and O–H groups in total. The van der Waals surface area contributed by atoms with E-state index in [0.29, 0.717) is 16.7 Å². The summed E-state index contributed by atoms with van der Waals surface area (Å²) in [6, 6.07) is 15.5. The van der Waals surface area contributed by atoms with Crippen molar-refractivity contribution >= 4 is 17.7 Å². The number of carbonyl (C=O) groups is 3. The lowest BCUT2D eigenvalue weighted by Gasteiger charge is -2.16. The Morgan fingerprint density at radius 2 is 1.52 bits per heavy atom. The summed E-state index contributed by atoms with van der Waals surface area (Å²) in [6.45, 7) is 1.63. The lowest BCUT2D eigenvalue weighted by atomic mass is 10.0. The van der Waals surface area contributed by atoms with E-state index in [1.54, 1.807) is 55.5 Å². The smallest absolute Gasteiger partial charge is 0.338 e. The number of rotatable bonds is 8. The molecular weight excluding hydrogens is 350 g/mol. The van der Waals surface area contributed by atoms with Gasteiger partial charge >= 0.3 is 5.97 Å². The van der Waals surface area contributed by atoms with Gasteiger partial charge in [0.05, 0.1) is 6.61 Å². The summed E-state index contributed by atoms with van der Waals surface area (Å²) in [5.41, 5.74) is 1.77. The van der Waals surface area contributed by atoms with Crippen LogP contribution in [-0.2, 0) is 20.9 Å². The number of ketones is 1. The first-order chi connectivity index (χ1) is 12.9. The molecule has 7 heteroatoms. The van der Waals surface area contributed by atoms with E-state index in [-0.39, 0.29) is 18.9 Å². The van der Waals surface area contributed by atoms with Crippen molar-refractivity contribution in [3.05, 3.63) is 71.3 Å². The molecule has 0 saturated carbocycles. The maximum Gasteiger partial charge on any atom is 0.338 e. The predicted molar refractivity (Wildman–Crippen MR) is 96.8 cm³/mol. The summed E-state index contributed by atoms with van der Waals surface area (Å²) >= 11 is 0. The Morgan fingerprint density at radius 3 is 2.11 bits per heavy atom. The fourth-order valence-corrected chi connectivity index (χ4v) is 2.32. The molecule has 2 aromatic rings. The summed E-state index contributed by atoms with van der Waals surface area (Å²) < 4.78 is 4.55. The number of carbonyl (C=O) groups excluding carboxylic acids is 3. The summed E-state index contributed by atoms with van der Waals surface area (Å²) in [5.74, 6) is -2.08. The van der Waals surface area contributed by atoms with Gasteiger partial charge in [-0.1, -0.05) is 54.6 Å². The third kappa shape index (κ3) is 5.47. The maximum atomic E-state index is 12.3. The normalized spacial score (nSPS) is 12.7. The molecule has 0 radical (unpaired) electrons. The van der Waals surface area contributed by atoms with Crippen LogP contribution < -0.4 is 5.32 Å². The standard InChI is InChI=1S/C20H21NO6/c1-2-27-20(26)18(24)17(23)19(25)21-12-13-8-10-15(11-9-13)16(22)14-6-4-3-5-7-14/h3-11,17-18,23-24H,2,12H2,1H3,(H,21,25). The second-order valence-corrected chi connectivity index (χ2v) is 5.75. The first-order valence-electron chi connectivity index (χ1n) is 8.43. The van der Waals surface area contributed by atoms with Crippen molar-refractivity contribution in [1.29, 1.82) is 0 Å². The van der Waals surface area contributed by atoms with Crippen LogP contribution >= 0.6 is 0 Å². The largest absolute Gasteiger partial charge is 0.464 e. The van der Waals surface area contributed by atoms with Gasteiger partial charge in [0.15, 0.2) is 18.0 Å². The Bertz CT molecular complexity index is 788. The Kier molecular flexibility index (Phi) is 7.22. The number of amides is 1. The molecule has 7 nitrogen and oxygen atoms in total. The number of aliphatic hydroxyl groups excluding tert-OH is 2. The number of nitrogens with one attached hydrogen (secondary N) is 1. The zero-order valence-corrected chi connectivity index (χ0v) is 14.8. The minimum Gasteiger partial charge on any atom is -0.464 e. The molecule has 0 aliphatic rings. The van der Waals surface area contributed by atoms with Gasteiger partial charge in [-0.3, -0.25) is 9.59 Å². The average molecular weight is 371 g/mol. The lowest BCUT2D eigenvalue weighted by Crippen LogP contribution is -2.46. The van der Waals surface area contributed by atoms with E-state index in [4.69, 9.17) is 0 Å². The molecule has 2 unspecified atom stereocenters. The van der Waals surface area contributed by atoms with Crippen molar-refractivity contribution < 1.29 is 29.3 Å². The number of hydrogen-bond acceptors (Lipinski definition) is 6. The second kappa shape index (κ2) is 9.61. The van der Waals surface area contributed by atoms with E-state index in [9.17, 15) is 24.6 Å². The zero-order valence-electron chi connectivity index (χ0n) is 14.8. The van der Waals surface area contributed by atoms with Gasteiger partial charge in [0.2, 0.25) is 0 Å². The van der Waals surface area contributed by atoms with E-state index in [0.717, 1.165) is 0 Å². The topological polar surface area (TPSA) is 113 Å². The Labute approximate surface area is 156 Å². The van der Waals surface area contributed by atoms with E-state index in [2.05, 4.69) is 10.1 Å². The number of aliphatic hydroxyl groups is 2. The third-order valence-electron chi connectivity index (χ3n) is 3.81. The van der Waals surface area contributed by atoms with Gasteiger partial charge in [-0.15, -0.1) is 0 Å².